The van der Waals surface area contributed by atoms with Crippen molar-refractivity contribution in [3.05, 3.63) is 23.3 Å². The lowest BCUT2D eigenvalue weighted by atomic mass is 9.65. The molecule has 0 N–H and O–H groups in total. The summed E-state index contributed by atoms with van der Waals surface area (Å²) >= 11 is 0. The summed E-state index contributed by atoms with van der Waals surface area (Å²) in [5.41, 5.74) is 2.48. The van der Waals surface area contributed by atoms with Crippen molar-refractivity contribution in [2.45, 2.75) is 47.5 Å². The zero-order valence-corrected chi connectivity index (χ0v) is 10.6. The third-order valence-electron chi connectivity index (χ3n) is 3.93. The van der Waals surface area contributed by atoms with E-state index in [-0.39, 0.29) is 5.41 Å². The van der Waals surface area contributed by atoms with Crippen LogP contribution in [-0.2, 0) is 4.79 Å². The molecule has 1 unspecified atom stereocenters. The number of carbonyl (C=O) groups is 1. The van der Waals surface area contributed by atoms with Crippen LogP contribution in [-0.4, -0.2) is 5.78 Å². The second-order valence-electron chi connectivity index (χ2n) is 5.13. The number of allylic oxidation sites excluding steroid dienone is 4. The van der Waals surface area contributed by atoms with Crippen molar-refractivity contribution < 1.29 is 4.79 Å². The van der Waals surface area contributed by atoms with Crippen LogP contribution in [0.15, 0.2) is 23.3 Å². The van der Waals surface area contributed by atoms with Crippen LogP contribution in [0.5, 0.6) is 0 Å². The molecule has 0 aromatic carbocycles. The molecule has 0 heterocycles. The van der Waals surface area contributed by atoms with Gasteiger partial charge in [0.1, 0.15) is 0 Å². The molecule has 0 bridgehead atoms. The predicted octanol–water partition coefficient (Wildman–Crippen LogP) is 3.90. The van der Waals surface area contributed by atoms with E-state index >= 15 is 0 Å². The molecule has 0 aliphatic heterocycles. The molecule has 1 atom stereocenters. The van der Waals surface area contributed by atoms with E-state index < -0.39 is 0 Å². The summed E-state index contributed by atoms with van der Waals surface area (Å²) in [4.78, 5) is 11.8. The Bertz CT molecular complexity index is 318. The number of Topliss-reactive ketones (excluding diaryl/α,β-unsaturated/α-hetero) is 1. The average molecular weight is 206 g/mol. The Morgan fingerprint density at radius 3 is 2.60 bits per heavy atom. The minimum absolute atomic E-state index is 0.164. The van der Waals surface area contributed by atoms with Gasteiger partial charge in [0.05, 0.1) is 0 Å². The number of carbonyl (C=O) groups excluding carboxylic acids is 1. The maximum Gasteiger partial charge on any atom is 0.158 e. The molecular formula is C14H22O. The van der Waals surface area contributed by atoms with Crippen LogP contribution < -0.4 is 0 Å². The van der Waals surface area contributed by atoms with E-state index in [0.29, 0.717) is 18.1 Å². The number of rotatable bonds is 2. The van der Waals surface area contributed by atoms with Crippen molar-refractivity contribution in [2.24, 2.45) is 11.3 Å². The minimum atomic E-state index is 0.164. The van der Waals surface area contributed by atoms with E-state index in [9.17, 15) is 4.79 Å². The van der Waals surface area contributed by atoms with Crippen molar-refractivity contribution in [1.82, 2.24) is 0 Å². The first-order valence-corrected chi connectivity index (χ1v) is 5.75. The number of hydrogen-bond donors (Lipinski definition) is 0. The van der Waals surface area contributed by atoms with Crippen molar-refractivity contribution in [3.8, 4) is 0 Å². The van der Waals surface area contributed by atoms with E-state index in [1.54, 1.807) is 0 Å². The van der Waals surface area contributed by atoms with Gasteiger partial charge in [-0.2, -0.15) is 0 Å². The summed E-state index contributed by atoms with van der Waals surface area (Å²) in [6, 6.07) is 0. The van der Waals surface area contributed by atoms with E-state index in [2.05, 4.69) is 32.9 Å². The Morgan fingerprint density at radius 2 is 2.07 bits per heavy atom. The second-order valence-corrected chi connectivity index (χ2v) is 5.13. The Labute approximate surface area is 93.3 Å². The number of hydrogen-bond acceptors (Lipinski definition) is 1. The van der Waals surface area contributed by atoms with Crippen molar-refractivity contribution in [2.75, 3.05) is 0 Å². The lowest BCUT2D eigenvalue weighted by molar-refractivity contribution is -0.118. The summed E-state index contributed by atoms with van der Waals surface area (Å²) in [6.45, 7) is 10.7. The topological polar surface area (TPSA) is 17.1 Å². The largest absolute Gasteiger partial charge is 0.295 e. The zero-order chi connectivity index (χ0) is 11.6. The van der Waals surface area contributed by atoms with Gasteiger partial charge >= 0.3 is 0 Å². The molecule has 15 heavy (non-hydrogen) atoms. The van der Waals surface area contributed by atoms with Crippen LogP contribution in [0.1, 0.15) is 47.5 Å². The van der Waals surface area contributed by atoms with Crippen LogP contribution in [0.3, 0.4) is 0 Å². The molecule has 1 aliphatic rings. The van der Waals surface area contributed by atoms with Gasteiger partial charge in [-0.25, -0.2) is 0 Å². The van der Waals surface area contributed by atoms with Crippen molar-refractivity contribution in [3.63, 3.8) is 0 Å². The molecule has 1 nitrogen and oxygen atoms in total. The summed E-state index contributed by atoms with van der Waals surface area (Å²) in [6.07, 6.45) is 5.83. The molecule has 1 heteroatoms. The van der Waals surface area contributed by atoms with Crippen LogP contribution in [0.25, 0.3) is 0 Å². The standard InChI is InChI=1S/C14H22O/c1-6-7-8-12-11(3)13(15)9-10(2)14(12,4)5/h6-7,10H,8-9H2,1-5H3/b7-6-. The van der Waals surface area contributed by atoms with Crippen molar-refractivity contribution in [1.29, 1.82) is 0 Å². The highest BCUT2D eigenvalue weighted by Crippen LogP contribution is 2.44. The summed E-state index contributed by atoms with van der Waals surface area (Å²) in [5, 5.41) is 0. The first kappa shape index (κ1) is 12.2. The maximum atomic E-state index is 11.8. The highest BCUT2D eigenvalue weighted by molar-refractivity contribution is 5.97. The van der Waals surface area contributed by atoms with Crippen LogP contribution >= 0.6 is 0 Å². The van der Waals surface area contributed by atoms with E-state index in [0.717, 1.165) is 12.0 Å². The normalized spacial score (nSPS) is 26.5. The van der Waals surface area contributed by atoms with Gasteiger partial charge in [0.2, 0.25) is 0 Å². The zero-order valence-electron chi connectivity index (χ0n) is 10.6. The molecule has 0 radical (unpaired) electrons. The Morgan fingerprint density at radius 1 is 1.47 bits per heavy atom. The SMILES string of the molecule is C/C=C\CC1=C(C)C(=O)CC(C)C1(C)C. The lowest BCUT2D eigenvalue weighted by Crippen LogP contribution is -2.32. The Kier molecular flexibility index (Phi) is 3.54. The highest BCUT2D eigenvalue weighted by atomic mass is 16.1. The predicted molar refractivity (Wildman–Crippen MR) is 64.7 cm³/mol. The fourth-order valence-corrected chi connectivity index (χ4v) is 2.29. The second kappa shape index (κ2) is 4.34. The van der Waals surface area contributed by atoms with Gasteiger partial charge in [0.25, 0.3) is 0 Å². The lowest BCUT2D eigenvalue weighted by Gasteiger charge is -2.39. The van der Waals surface area contributed by atoms with Gasteiger partial charge in [-0.05, 0) is 37.2 Å². The van der Waals surface area contributed by atoms with E-state index in [1.807, 2.05) is 13.8 Å². The Balaban J connectivity index is 3.12. The fourth-order valence-electron chi connectivity index (χ4n) is 2.29. The molecule has 84 valence electrons. The molecule has 0 aromatic heterocycles. The summed E-state index contributed by atoms with van der Waals surface area (Å²) in [5.74, 6) is 0.787. The summed E-state index contributed by atoms with van der Waals surface area (Å²) in [7, 11) is 0. The van der Waals surface area contributed by atoms with Crippen LogP contribution in [0, 0.1) is 11.3 Å². The quantitative estimate of drug-likeness (QED) is 0.626. The van der Waals surface area contributed by atoms with E-state index in [4.69, 9.17) is 0 Å². The first-order valence-electron chi connectivity index (χ1n) is 5.75. The average Bonchev–Trinajstić information content (AvgIpc) is 2.15. The molecule has 0 saturated heterocycles. The molecule has 0 amide bonds. The monoisotopic (exact) mass is 206 g/mol. The third kappa shape index (κ3) is 2.22. The van der Waals surface area contributed by atoms with Crippen molar-refractivity contribution >= 4 is 5.78 Å². The first-order chi connectivity index (χ1) is 6.91. The number of ketones is 1. The molecule has 0 spiro atoms. The van der Waals surface area contributed by atoms with Gasteiger partial charge < -0.3 is 0 Å². The third-order valence-corrected chi connectivity index (χ3v) is 3.93. The smallest absolute Gasteiger partial charge is 0.158 e. The molecule has 1 aliphatic carbocycles. The molecule has 0 aromatic rings. The van der Waals surface area contributed by atoms with Gasteiger partial charge in [-0.3, -0.25) is 4.79 Å². The minimum Gasteiger partial charge on any atom is -0.295 e. The highest BCUT2D eigenvalue weighted by Gasteiger charge is 2.37. The maximum absolute atomic E-state index is 11.8. The Hall–Kier alpha value is -0.850. The van der Waals surface area contributed by atoms with Gasteiger partial charge in [-0.15, -0.1) is 0 Å². The van der Waals surface area contributed by atoms with Crippen LogP contribution in [0.4, 0.5) is 0 Å². The molecule has 1 rings (SSSR count). The van der Waals surface area contributed by atoms with Gasteiger partial charge in [-0.1, -0.05) is 38.5 Å². The molecular weight excluding hydrogens is 184 g/mol. The van der Waals surface area contributed by atoms with E-state index in [1.165, 1.54) is 5.57 Å². The van der Waals surface area contributed by atoms with Gasteiger partial charge in [0, 0.05) is 6.42 Å². The molecule has 0 saturated carbocycles. The van der Waals surface area contributed by atoms with Crippen LogP contribution in [0.2, 0.25) is 0 Å². The molecule has 0 fully saturated rings. The van der Waals surface area contributed by atoms with Gasteiger partial charge in [0.15, 0.2) is 5.78 Å². The summed E-state index contributed by atoms with van der Waals surface area (Å²) < 4.78 is 0. The fraction of sp³-hybridized carbons (Fsp3) is 0.643.